The van der Waals surface area contributed by atoms with E-state index in [1.165, 1.54) is 30.6 Å². The molecule has 20 heavy (non-hydrogen) atoms. The number of ether oxygens (including phenoxy) is 1. The number of fused-ring (bicyclic) bond motifs is 1. The molecule has 3 nitrogen and oxygen atoms in total. The topological polar surface area (TPSA) is 24.5 Å². The van der Waals surface area contributed by atoms with E-state index in [1.54, 1.807) is 0 Å². The van der Waals surface area contributed by atoms with E-state index >= 15 is 0 Å². The minimum Gasteiger partial charge on any atom is -0.493 e. The van der Waals surface area contributed by atoms with Crippen LogP contribution in [-0.4, -0.2) is 37.2 Å². The Morgan fingerprint density at radius 2 is 2.30 bits per heavy atom. The highest BCUT2D eigenvalue weighted by molar-refractivity contribution is 5.41. The van der Waals surface area contributed by atoms with Gasteiger partial charge in [0.15, 0.2) is 0 Å². The Hall–Kier alpha value is -1.06. The van der Waals surface area contributed by atoms with Crippen molar-refractivity contribution in [3.05, 3.63) is 29.3 Å². The third-order valence-corrected chi connectivity index (χ3v) is 4.63. The number of benzene rings is 1. The van der Waals surface area contributed by atoms with Gasteiger partial charge in [0.1, 0.15) is 5.75 Å². The summed E-state index contributed by atoms with van der Waals surface area (Å²) in [6.07, 6.45) is 2.39. The molecule has 0 amide bonds. The lowest BCUT2D eigenvalue weighted by Crippen LogP contribution is -2.29. The predicted molar refractivity (Wildman–Crippen MR) is 82.2 cm³/mol. The van der Waals surface area contributed by atoms with Crippen LogP contribution in [0.3, 0.4) is 0 Å². The maximum Gasteiger partial charge on any atom is 0.124 e. The summed E-state index contributed by atoms with van der Waals surface area (Å²) in [5, 5.41) is 3.44. The van der Waals surface area contributed by atoms with Crippen molar-refractivity contribution >= 4 is 0 Å². The van der Waals surface area contributed by atoms with Gasteiger partial charge in [-0.15, -0.1) is 0 Å². The fourth-order valence-corrected chi connectivity index (χ4v) is 3.29. The average Bonchev–Trinajstić information content (AvgIpc) is 2.94. The van der Waals surface area contributed by atoms with Gasteiger partial charge < -0.3 is 15.0 Å². The molecule has 1 fully saturated rings. The van der Waals surface area contributed by atoms with E-state index in [0.29, 0.717) is 12.0 Å². The van der Waals surface area contributed by atoms with Crippen LogP contribution in [-0.2, 0) is 13.0 Å². The second-order valence-electron chi connectivity index (χ2n) is 6.37. The van der Waals surface area contributed by atoms with Crippen molar-refractivity contribution in [2.75, 3.05) is 26.2 Å². The molecule has 0 aromatic heterocycles. The second kappa shape index (κ2) is 6.15. The number of hydrogen-bond acceptors (Lipinski definition) is 3. The number of rotatable bonds is 4. The fraction of sp³-hybridized carbons (Fsp3) is 0.647. The number of nitrogens with one attached hydrogen (secondary N) is 1. The highest BCUT2D eigenvalue weighted by Gasteiger charge is 2.25. The zero-order valence-electron chi connectivity index (χ0n) is 12.7. The maximum absolute atomic E-state index is 6.15. The monoisotopic (exact) mass is 274 g/mol. The molecule has 1 unspecified atom stereocenters. The van der Waals surface area contributed by atoms with Crippen molar-refractivity contribution in [3.63, 3.8) is 0 Å². The Balaban J connectivity index is 1.59. The molecule has 0 aliphatic carbocycles. The molecular formula is C17H26N2O. The van der Waals surface area contributed by atoms with Crippen LogP contribution in [0.25, 0.3) is 0 Å². The summed E-state index contributed by atoms with van der Waals surface area (Å²) in [7, 11) is 0. The van der Waals surface area contributed by atoms with Gasteiger partial charge in [-0.1, -0.05) is 12.1 Å². The molecule has 110 valence electrons. The average molecular weight is 274 g/mol. The van der Waals surface area contributed by atoms with Gasteiger partial charge in [0.05, 0.1) is 6.61 Å². The van der Waals surface area contributed by atoms with Gasteiger partial charge in [-0.3, -0.25) is 0 Å². The van der Waals surface area contributed by atoms with Crippen LogP contribution in [0.5, 0.6) is 5.75 Å². The predicted octanol–water partition coefficient (Wildman–Crippen LogP) is 2.44. The Morgan fingerprint density at radius 3 is 3.10 bits per heavy atom. The highest BCUT2D eigenvalue weighted by Crippen LogP contribution is 2.26. The smallest absolute Gasteiger partial charge is 0.124 e. The molecule has 3 rings (SSSR count). The molecule has 1 saturated heterocycles. The van der Waals surface area contributed by atoms with Crippen LogP contribution in [0.4, 0.5) is 0 Å². The Morgan fingerprint density at radius 1 is 1.40 bits per heavy atom. The first-order chi connectivity index (χ1) is 9.74. The molecule has 2 aliphatic rings. The molecule has 0 spiro atoms. The number of hydrogen-bond donors (Lipinski definition) is 1. The van der Waals surface area contributed by atoms with Crippen LogP contribution >= 0.6 is 0 Å². The molecule has 0 bridgehead atoms. The largest absolute Gasteiger partial charge is 0.493 e. The minimum atomic E-state index is 0.661. The van der Waals surface area contributed by atoms with E-state index in [2.05, 4.69) is 42.3 Å². The van der Waals surface area contributed by atoms with Crippen LogP contribution in [0.15, 0.2) is 18.2 Å². The standard InChI is InChI=1S/C17H26N2O/c1-13(2)19-9-7-14(11-19)12-20-17-5-3-4-15-6-8-18-10-16(15)17/h3-5,13-14,18H,6-12H2,1-2H3. The molecule has 3 heteroatoms. The van der Waals surface area contributed by atoms with Crippen molar-refractivity contribution in [3.8, 4) is 5.75 Å². The first-order valence-corrected chi connectivity index (χ1v) is 7.92. The first-order valence-electron chi connectivity index (χ1n) is 7.92. The molecule has 1 aromatic rings. The lowest BCUT2D eigenvalue weighted by molar-refractivity contribution is 0.222. The summed E-state index contributed by atoms with van der Waals surface area (Å²) in [4.78, 5) is 2.55. The van der Waals surface area contributed by atoms with E-state index < -0.39 is 0 Å². The van der Waals surface area contributed by atoms with Gasteiger partial charge in [0, 0.05) is 30.6 Å². The molecule has 0 saturated carbocycles. The number of likely N-dealkylation sites (tertiary alicyclic amines) is 1. The van der Waals surface area contributed by atoms with Crippen molar-refractivity contribution in [2.24, 2.45) is 5.92 Å². The highest BCUT2D eigenvalue weighted by atomic mass is 16.5. The van der Waals surface area contributed by atoms with Crippen LogP contribution in [0.1, 0.15) is 31.4 Å². The third-order valence-electron chi connectivity index (χ3n) is 4.63. The fourth-order valence-electron chi connectivity index (χ4n) is 3.29. The molecule has 2 heterocycles. The van der Waals surface area contributed by atoms with Crippen molar-refractivity contribution in [1.82, 2.24) is 10.2 Å². The zero-order valence-corrected chi connectivity index (χ0v) is 12.7. The minimum absolute atomic E-state index is 0.661. The van der Waals surface area contributed by atoms with E-state index in [1.807, 2.05) is 0 Å². The Bertz CT molecular complexity index is 458. The van der Waals surface area contributed by atoms with Crippen molar-refractivity contribution in [2.45, 2.75) is 39.3 Å². The maximum atomic E-state index is 6.15. The van der Waals surface area contributed by atoms with E-state index in [-0.39, 0.29) is 0 Å². The summed E-state index contributed by atoms with van der Waals surface area (Å²) >= 11 is 0. The Labute approximate surface area is 122 Å². The summed E-state index contributed by atoms with van der Waals surface area (Å²) in [6.45, 7) is 9.87. The molecular weight excluding hydrogens is 248 g/mol. The van der Waals surface area contributed by atoms with Gasteiger partial charge in [0.25, 0.3) is 0 Å². The van der Waals surface area contributed by atoms with Gasteiger partial charge in [0.2, 0.25) is 0 Å². The summed E-state index contributed by atoms with van der Waals surface area (Å²) in [5.74, 6) is 1.78. The quantitative estimate of drug-likeness (QED) is 0.912. The first kappa shape index (κ1) is 13.9. The third kappa shape index (κ3) is 2.99. The molecule has 0 radical (unpaired) electrons. The van der Waals surface area contributed by atoms with Crippen LogP contribution < -0.4 is 10.1 Å². The normalized spacial score (nSPS) is 23.1. The van der Waals surface area contributed by atoms with Gasteiger partial charge >= 0.3 is 0 Å². The molecule has 1 aromatic carbocycles. The van der Waals surface area contributed by atoms with E-state index in [9.17, 15) is 0 Å². The van der Waals surface area contributed by atoms with E-state index in [4.69, 9.17) is 4.74 Å². The van der Waals surface area contributed by atoms with Gasteiger partial charge in [-0.25, -0.2) is 0 Å². The lowest BCUT2D eigenvalue weighted by Gasteiger charge is -2.22. The Kier molecular flexibility index (Phi) is 4.27. The van der Waals surface area contributed by atoms with E-state index in [0.717, 1.165) is 31.9 Å². The summed E-state index contributed by atoms with van der Waals surface area (Å²) < 4.78 is 6.15. The SMILES string of the molecule is CC(C)N1CCC(COc2cccc3c2CNCC3)C1. The summed E-state index contributed by atoms with van der Waals surface area (Å²) in [5.41, 5.74) is 2.83. The van der Waals surface area contributed by atoms with Gasteiger partial charge in [-0.05, 0) is 51.4 Å². The van der Waals surface area contributed by atoms with Crippen molar-refractivity contribution in [1.29, 1.82) is 0 Å². The lowest BCUT2D eigenvalue weighted by atomic mass is 10.0. The zero-order chi connectivity index (χ0) is 13.9. The summed E-state index contributed by atoms with van der Waals surface area (Å²) in [6, 6.07) is 7.16. The van der Waals surface area contributed by atoms with Crippen LogP contribution in [0, 0.1) is 5.92 Å². The molecule has 2 aliphatic heterocycles. The molecule has 1 atom stereocenters. The second-order valence-corrected chi connectivity index (χ2v) is 6.37. The number of nitrogens with zero attached hydrogens (tertiary/aromatic N) is 1. The van der Waals surface area contributed by atoms with Crippen LogP contribution in [0.2, 0.25) is 0 Å². The van der Waals surface area contributed by atoms with Crippen molar-refractivity contribution < 1.29 is 4.74 Å². The van der Waals surface area contributed by atoms with Gasteiger partial charge in [-0.2, -0.15) is 0 Å². The molecule has 1 N–H and O–H groups in total.